The van der Waals surface area contributed by atoms with Gasteiger partial charge in [0.1, 0.15) is 5.82 Å². The van der Waals surface area contributed by atoms with Gasteiger partial charge in [0.25, 0.3) is 0 Å². The molecule has 0 saturated carbocycles. The van der Waals surface area contributed by atoms with E-state index in [1.54, 1.807) is 12.1 Å². The van der Waals surface area contributed by atoms with Crippen LogP contribution in [0.2, 0.25) is 5.02 Å². The lowest BCUT2D eigenvalue weighted by Crippen LogP contribution is -2.21. The maximum Gasteiger partial charge on any atom is 0.134 e. The molecule has 0 amide bonds. The molecule has 2 nitrogen and oxygen atoms in total. The van der Waals surface area contributed by atoms with E-state index in [-0.39, 0.29) is 5.82 Å². The first-order valence-electron chi connectivity index (χ1n) is 5.71. The van der Waals surface area contributed by atoms with E-state index in [9.17, 15) is 4.39 Å². The molecular weight excluding hydrogens is 271 g/mol. The van der Waals surface area contributed by atoms with E-state index in [4.69, 9.17) is 11.6 Å². The van der Waals surface area contributed by atoms with Crippen LogP contribution in [0.5, 0.6) is 0 Å². The zero-order chi connectivity index (χ0) is 13.1. The lowest BCUT2D eigenvalue weighted by Gasteiger charge is -2.04. The molecule has 5 heteroatoms. The van der Waals surface area contributed by atoms with Crippen molar-refractivity contribution in [3.05, 3.63) is 40.0 Å². The number of hydrogen-bond donors (Lipinski definition) is 1. The van der Waals surface area contributed by atoms with Crippen LogP contribution in [0.15, 0.2) is 24.3 Å². The van der Waals surface area contributed by atoms with Crippen molar-refractivity contribution in [2.24, 2.45) is 0 Å². The molecule has 0 fully saturated rings. The van der Waals surface area contributed by atoms with Gasteiger partial charge >= 0.3 is 0 Å². The number of aromatic nitrogens is 1. The summed E-state index contributed by atoms with van der Waals surface area (Å²) in [5.41, 5.74) is 0.981. The Kier molecular flexibility index (Phi) is 4.32. The average molecular weight is 285 g/mol. The highest BCUT2D eigenvalue weighted by molar-refractivity contribution is 7.06. The van der Waals surface area contributed by atoms with E-state index in [0.29, 0.717) is 22.3 Å². The summed E-state index contributed by atoms with van der Waals surface area (Å²) in [5.74, 6) is -0.337. The lowest BCUT2D eigenvalue weighted by atomic mass is 10.1. The van der Waals surface area contributed by atoms with E-state index in [1.165, 1.54) is 17.6 Å². The number of nitrogens with one attached hydrogen (secondary N) is 1. The zero-order valence-electron chi connectivity index (χ0n) is 10.2. The highest BCUT2D eigenvalue weighted by Crippen LogP contribution is 2.31. The number of hydrogen-bond acceptors (Lipinski definition) is 3. The Morgan fingerprint density at radius 2 is 2.22 bits per heavy atom. The molecule has 0 radical (unpaired) electrons. The first-order valence-corrected chi connectivity index (χ1v) is 6.86. The van der Waals surface area contributed by atoms with Crippen LogP contribution in [0.3, 0.4) is 0 Å². The Bertz CT molecular complexity index is 519. The van der Waals surface area contributed by atoms with Crippen LogP contribution in [-0.4, -0.2) is 10.4 Å². The topological polar surface area (TPSA) is 24.9 Å². The Balaban J connectivity index is 2.24. The van der Waals surface area contributed by atoms with Gasteiger partial charge < -0.3 is 5.32 Å². The molecule has 0 unspecified atom stereocenters. The first-order chi connectivity index (χ1) is 8.58. The minimum Gasteiger partial charge on any atom is -0.310 e. The normalized spacial score (nSPS) is 11.2. The van der Waals surface area contributed by atoms with Crippen LogP contribution >= 0.6 is 23.1 Å². The molecule has 1 aromatic carbocycles. The maximum absolute atomic E-state index is 13.7. The van der Waals surface area contributed by atoms with Gasteiger partial charge in [-0.05, 0) is 29.7 Å². The lowest BCUT2D eigenvalue weighted by molar-refractivity contribution is 0.593. The Hall–Kier alpha value is -0.970. The summed E-state index contributed by atoms with van der Waals surface area (Å²) in [6.45, 7) is 4.90. The van der Waals surface area contributed by atoms with Gasteiger partial charge in [0.05, 0.1) is 16.3 Å². The van der Waals surface area contributed by atoms with Crippen molar-refractivity contribution in [1.82, 2.24) is 9.69 Å². The standard InChI is InChI=1S/C13H14ClFN2S/c1-8(2)16-7-9-6-12(17-18-9)13-10(14)4-3-5-11(13)15/h3-6,8,16H,7H2,1-2H3. The summed E-state index contributed by atoms with van der Waals surface area (Å²) in [5, 5.41) is 3.69. The van der Waals surface area contributed by atoms with E-state index in [0.717, 1.165) is 11.4 Å². The first kappa shape index (κ1) is 13.5. The van der Waals surface area contributed by atoms with E-state index in [2.05, 4.69) is 23.5 Å². The molecule has 0 aliphatic carbocycles. The molecule has 0 aliphatic heterocycles. The Morgan fingerprint density at radius 1 is 1.44 bits per heavy atom. The molecule has 1 heterocycles. The number of rotatable bonds is 4. The van der Waals surface area contributed by atoms with Crippen molar-refractivity contribution in [3.63, 3.8) is 0 Å². The van der Waals surface area contributed by atoms with Gasteiger partial charge in [0.15, 0.2) is 0 Å². The highest BCUT2D eigenvalue weighted by Gasteiger charge is 2.13. The minimum atomic E-state index is -0.337. The Morgan fingerprint density at radius 3 is 2.89 bits per heavy atom. The molecule has 2 aromatic rings. The largest absolute Gasteiger partial charge is 0.310 e. The summed E-state index contributed by atoms with van der Waals surface area (Å²) in [7, 11) is 0. The third-order valence-corrected chi connectivity index (χ3v) is 3.56. The zero-order valence-corrected chi connectivity index (χ0v) is 11.8. The van der Waals surface area contributed by atoms with E-state index >= 15 is 0 Å². The fourth-order valence-corrected chi connectivity index (χ4v) is 2.49. The summed E-state index contributed by atoms with van der Waals surface area (Å²) in [6, 6.07) is 6.95. The van der Waals surface area contributed by atoms with Gasteiger partial charge in [0, 0.05) is 17.5 Å². The second kappa shape index (κ2) is 5.78. The Labute approximate surface area is 115 Å². The molecule has 0 bridgehead atoms. The number of nitrogens with zero attached hydrogens (tertiary/aromatic N) is 1. The predicted octanol–water partition coefficient (Wildman–Crippen LogP) is 4.10. The van der Waals surface area contributed by atoms with Crippen molar-refractivity contribution < 1.29 is 4.39 Å². The van der Waals surface area contributed by atoms with E-state index in [1.807, 2.05) is 6.07 Å². The fraction of sp³-hybridized carbons (Fsp3) is 0.308. The molecule has 0 atom stereocenters. The quantitative estimate of drug-likeness (QED) is 0.914. The molecular formula is C13H14ClFN2S. The molecule has 18 heavy (non-hydrogen) atoms. The van der Waals surface area contributed by atoms with Crippen molar-refractivity contribution >= 4 is 23.1 Å². The van der Waals surface area contributed by atoms with Crippen LogP contribution < -0.4 is 5.32 Å². The SMILES string of the molecule is CC(C)NCc1cc(-c2c(F)cccc2Cl)ns1. The monoisotopic (exact) mass is 284 g/mol. The van der Waals surface area contributed by atoms with E-state index < -0.39 is 0 Å². The molecule has 96 valence electrons. The van der Waals surface area contributed by atoms with Gasteiger partial charge in [-0.1, -0.05) is 31.5 Å². The number of benzene rings is 1. The second-order valence-corrected chi connectivity index (χ2v) is 5.61. The van der Waals surface area contributed by atoms with Crippen LogP contribution in [0.25, 0.3) is 11.3 Å². The van der Waals surface area contributed by atoms with Crippen molar-refractivity contribution in [2.45, 2.75) is 26.4 Å². The third kappa shape index (κ3) is 3.07. The van der Waals surface area contributed by atoms with Crippen molar-refractivity contribution in [1.29, 1.82) is 0 Å². The molecule has 1 aromatic heterocycles. The summed E-state index contributed by atoms with van der Waals surface area (Å²) < 4.78 is 18.0. The smallest absolute Gasteiger partial charge is 0.134 e. The average Bonchev–Trinajstić information content (AvgIpc) is 2.75. The van der Waals surface area contributed by atoms with Gasteiger partial charge in [-0.3, -0.25) is 0 Å². The second-order valence-electron chi connectivity index (χ2n) is 4.31. The van der Waals surface area contributed by atoms with Crippen LogP contribution in [0.4, 0.5) is 4.39 Å². The highest BCUT2D eigenvalue weighted by atomic mass is 35.5. The van der Waals surface area contributed by atoms with Gasteiger partial charge in [-0.15, -0.1) is 0 Å². The summed E-state index contributed by atoms with van der Waals surface area (Å²) >= 11 is 7.38. The summed E-state index contributed by atoms with van der Waals surface area (Å²) in [4.78, 5) is 1.07. The van der Waals surface area contributed by atoms with Crippen LogP contribution in [-0.2, 0) is 6.54 Å². The third-order valence-electron chi connectivity index (χ3n) is 2.46. The molecule has 2 rings (SSSR count). The minimum absolute atomic E-state index is 0.337. The van der Waals surface area contributed by atoms with Gasteiger partial charge in [-0.2, -0.15) is 4.37 Å². The number of halogens is 2. The fourth-order valence-electron chi connectivity index (χ4n) is 1.56. The van der Waals surface area contributed by atoms with Crippen LogP contribution in [0.1, 0.15) is 18.7 Å². The molecule has 0 aliphatic rings. The predicted molar refractivity (Wildman–Crippen MR) is 74.5 cm³/mol. The summed E-state index contributed by atoms with van der Waals surface area (Å²) in [6.07, 6.45) is 0. The maximum atomic E-state index is 13.7. The van der Waals surface area contributed by atoms with Crippen LogP contribution in [0, 0.1) is 5.82 Å². The van der Waals surface area contributed by atoms with Gasteiger partial charge in [-0.25, -0.2) is 4.39 Å². The molecule has 1 N–H and O–H groups in total. The van der Waals surface area contributed by atoms with Gasteiger partial charge in [0.2, 0.25) is 0 Å². The van der Waals surface area contributed by atoms with Crippen molar-refractivity contribution in [3.8, 4) is 11.3 Å². The van der Waals surface area contributed by atoms with Crippen molar-refractivity contribution in [2.75, 3.05) is 0 Å². The molecule has 0 spiro atoms. The molecule has 0 saturated heterocycles.